The lowest BCUT2D eigenvalue weighted by atomic mass is 9.97. The quantitative estimate of drug-likeness (QED) is 0.453. The highest BCUT2D eigenvalue weighted by Crippen LogP contribution is 2.35. The van der Waals surface area contributed by atoms with Crippen molar-refractivity contribution in [2.75, 3.05) is 12.4 Å². The summed E-state index contributed by atoms with van der Waals surface area (Å²) in [7, 11) is 0. The molecule has 1 aromatic carbocycles. The second kappa shape index (κ2) is 9.43. The van der Waals surface area contributed by atoms with Crippen molar-refractivity contribution in [3.05, 3.63) is 35.8 Å². The molecule has 3 N–H and O–H groups in total. The van der Waals surface area contributed by atoms with Crippen molar-refractivity contribution < 1.29 is 33.2 Å². The normalized spacial score (nSPS) is 27.3. The standard InChI is InChI=1S/C18H22F3N3O4S/c1-2-3-4-29-18-17(27)15(16(26)13(8-25)28-18)24-7-12(22-23-24)9-5-10(19)14(21)11(20)6-9/h5-7,13,15-18,25-27H,2-4,8H2,1H3/t13?,15-,16-,17?,18+/m0/s1. The van der Waals surface area contributed by atoms with Gasteiger partial charge in [0.05, 0.1) is 12.8 Å². The predicted molar refractivity (Wildman–Crippen MR) is 99.5 cm³/mol. The summed E-state index contributed by atoms with van der Waals surface area (Å²) in [4.78, 5) is 0. The molecule has 1 aliphatic rings. The van der Waals surface area contributed by atoms with E-state index in [1.165, 1.54) is 22.6 Å². The van der Waals surface area contributed by atoms with Gasteiger partial charge in [0, 0.05) is 5.56 Å². The number of halogens is 3. The van der Waals surface area contributed by atoms with Gasteiger partial charge in [-0.1, -0.05) is 18.6 Å². The number of unbranched alkanes of at least 4 members (excludes halogenated alkanes) is 1. The molecule has 2 heterocycles. The molecule has 1 aliphatic heterocycles. The van der Waals surface area contributed by atoms with Crippen LogP contribution in [-0.4, -0.2) is 66.4 Å². The fourth-order valence-corrected chi connectivity index (χ4v) is 4.39. The molecule has 7 nitrogen and oxygen atoms in total. The van der Waals surface area contributed by atoms with Crippen molar-refractivity contribution in [2.45, 2.75) is 49.6 Å². The zero-order valence-electron chi connectivity index (χ0n) is 15.6. The van der Waals surface area contributed by atoms with Crippen molar-refractivity contribution in [1.29, 1.82) is 0 Å². The molecule has 1 fully saturated rings. The Morgan fingerprint density at radius 2 is 1.86 bits per heavy atom. The Labute approximate surface area is 169 Å². The van der Waals surface area contributed by atoms with Crippen LogP contribution in [0.4, 0.5) is 13.2 Å². The molecular weight excluding hydrogens is 411 g/mol. The monoisotopic (exact) mass is 433 g/mol. The van der Waals surface area contributed by atoms with Crippen molar-refractivity contribution in [3.8, 4) is 11.3 Å². The Morgan fingerprint density at radius 3 is 2.48 bits per heavy atom. The lowest BCUT2D eigenvalue weighted by Gasteiger charge is -2.41. The number of aliphatic hydroxyl groups excluding tert-OH is 3. The second-order valence-electron chi connectivity index (χ2n) is 6.76. The topological polar surface area (TPSA) is 101 Å². The summed E-state index contributed by atoms with van der Waals surface area (Å²) < 4.78 is 47.0. The summed E-state index contributed by atoms with van der Waals surface area (Å²) >= 11 is 1.36. The van der Waals surface area contributed by atoms with Gasteiger partial charge in [0.25, 0.3) is 0 Å². The third-order valence-electron chi connectivity index (χ3n) is 4.72. The molecule has 2 aromatic rings. The van der Waals surface area contributed by atoms with E-state index in [0.29, 0.717) is 0 Å². The molecule has 0 aliphatic carbocycles. The molecule has 0 amide bonds. The lowest BCUT2D eigenvalue weighted by molar-refractivity contribution is -0.178. The molecule has 1 aromatic heterocycles. The first-order valence-electron chi connectivity index (χ1n) is 9.18. The molecule has 0 spiro atoms. The van der Waals surface area contributed by atoms with Gasteiger partial charge < -0.3 is 20.1 Å². The molecule has 1 saturated heterocycles. The van der Waals surface area contributed by atoms with Gasteiger partial charge >= 0.3 is 0 Å². The van der Waals surface area contributed by atoms with Crippen LogP contribution in [0.15, 0.2) is 18.3 Å². The summed E-state index contributed by atoms with van der Waals surface area (Å²) in [6.07, 6.45) is -0.265. The first-order chi connectivity index (χ1) is 13.9. The zero-order valence-corrected chi connectivity index (χ0v) is 16.4. The molecule has 5 atom stereocenters. The minimum Gasteiger partial charge on any atom is -0.394 e. The number of rotatable bonds is 7. The summed E-state index contributed by atoms with van der Waals surface area (Å²) in [5.74, 6) is -3.60. The fraction of sp³-hybridized carbons (Fsp3) is 0.556. The van der Waals surface area contributed by atoms with Gasteiger partial charge in [-0.25, -0.2) is 17.9 Å². The molecule has 0 radical (unpaired) electrons. The maximum atomic E-state index is 13.5. The van der Waals surface area contributed by atoms with Crippen molar-refractivity contribution in [3.63, 3.8) is 0 Å². The Morgan fingerprint density at radius 1 is 1.17 bits per heavy atom. The van der Waals surface area contributed by atoms with Crippen LogP contribution >= 0.6 is 11.8 Å². The van der Waals surface area contributed by atoms with E-state index in [0.717, 1.165) is 30.7 Å². The van der Waals surface area contributed by atoms with Gasteiger partial charge in [0.1, 0.15) is 35.5 Å². The maximum absolute atomic E-state index is 13.5. The predicted octanol–water partition coefficient (Wildman–Crippen LogP) is 1.88. The largest absolute Gasteiger partial charge is 0.394 e. The highest BCUT2D eigenvalue weighted by atomic mass is 32.2. The van der Waals surface area contributed by atoms with Crippen LogP contribution in [0.5, 0.6) is 0 Å². The van der Waals surface area contributed by atoms with Crippen molar-refractivity contribution in [2.24, 2.45) is 0 Å². The number of ether oxygens (including phenoxy) is 1. The van der Waals surface area contributed by atoms with Crippen molar-refractivity contribution >= 4 is 11.8 Å². The van der Waals surface area contributed by atoms with E-state index >= 15 is 0 Å². The molecule has 0 saturated carbocycles. The lowest BCUT2D eigenvalue weighted by Crippen LogP contribution is -2.55. The molecular formula is C18H22F3N3O4S. The number of benzene rings is 1. The molecule has 29 heavy (non-hydrogen) atoms. The van der Waals surface area contributed by atoms with E-state index in [1.54, 1.807) is 0 Å². The molecule has 2 unspecified atom stereocenters. The number of hydrogen-bond acceptors (Lipinski definition) is 7. The van der Waals surface area contributed by atoms with E-state index < -0.39 is 53.8 Å². The third kappa shape index (κ3) is 4.58. The highest BCUT2D eigenvalue weighted by Gasteiger charge is 2.46. The Bertz CT molecular complexity index is 817. The van der Waals surface area contributed by atoms with E-state index in [4.69, 9.17) is 4.74 Å². The average Bonchev–Trinajstić information content (AvgIpc) is 3.17. The fourth-order valence-electron chi connectivity index (χ4n) is 3.12. The summed E-state index contributed by atoms with van der Waals surface area (Å²) in [6.45, 7) is 1.56. The van der Waals surface area contributed by atoms with Gasteiger partial charge in [-0.2, -0.15) is 0 Å². The van der Waals surface area contributed by atoms with E-state index in [9.17, 15) is 28.5 Å². The second-order valence-corrected chi connectivity index (χ2v) is 7.97. The van der Waals surface area contributed by atoms with E-state index in [-0.39, 0.29) is 11.3 Å². The number of nitrogens with zero attached hydrogens (tertiary/aromatic N) is 3. The van der Waals surface area contributed by atoms with Gasteiger partial charge in [-0.05, 0) is 24.3 Å². The number of hydrogen-bond donors (Lipinski definition) is 3. The SMILES string of the molecule is CCCCS[C@H]1OC(CO)[C@H](O)[C@H](n2cc(-c3cc(F)c(F)c(F)c3)nn2)C1O. The first kappa shape index (κ1) is 22.0. The summed E-state index contributed by atoms with van der Waals surface area (Å²) in [6, 6.07) is 0.559. The van der Waals surface area contributed by atoms with E-state index in [1.807, 2.05) is 6.92 Å². The highest BCUT2D eigenvalue weighted by molar-refractivity contribution is 7.99. The van der Waals surface area contributed by atoms with Crippen LogP contribution in [0.1, 0.15) is 25.8 Å². The molecule has 160 valence electrons. The minimum atomic E-state index is -1.59. The van der Waals surface area contributed by atoms with Gasteiger partial charge in [-0.3, -0.25) is 0 Å². The van der Waals surface area contributed by atoms with Gasteiger partial charge in [0.15, 0.2) is 17.5 Å². The first-order valence-corrected chi connectivity index (χ1v) is 10.2. The van der Waals surface area contributed by atoms with Crippen LogP contribution < -0.4 is 0 Å². The maximum Gasteiger partial charge on any atom is 0.194 e. The van der Waals surface area contributed by atoms with Crippen molar-refractivity contribution in [1.82, 2.24) is 15.0 Å². The average molecular weight is 433 g/mol. The smallest absolute Gasteiger partial charge is 0.194 e. The molecule has 3 rings (SSSR count). The molecule has 11 heteroatoms. The number of aromatic nitrogens is 3. The summed E-state index contributed by atoms with van der Waals surface area (Å²) in [5.41, 5.74) is -0.721. The number of aliphatic hydroxyl groups is 3. The minimum absolute atomic E-state index is 0.0319. The van der Waals surface area contributed by atoms with Crippen LogP contribution in [0, 0.1) is 17.5 Å². The molecule has 0 bridgehead atoms. The third-order valence-corrected chi connectivity index (χ3v) is 5.97. The Hall–Kier alpha value is -1.66. The van der Waals surface area contributed by atoms with Gasteiger partial charge in [-0.15, -0.1) is 16.9 Å². The summed E-state index contributed by atoms with van der Waals surface area (Å²) in [5, 5.41) is 38.5. The Balaban J connectivity index is 1.87. The van der Waals surface area contributed by atoms with Crippen LogP contribution in [0.3, 0.4) is 0 Å². The van der Waals surface area contributed by atoms with Gasteiger partial charge in [0.2, 0.25) is 0 Å². The van der Waals surface area contributed by atoms with Crippen LogP contribution in [0.25, 0.3) is 11.3 Å². The zero-order chi connectivity index (χ0) is 21.1. The number of thioether (sulfide) groups is 1. The Kier molecular flexibility index (Phi) is 7.17. The van der Waals surface area contributed by atoms with E-state index in [2.05, 4.69) is 10.3 Å². The van der Waals surface area contributed by atoms with Crippen LogP contribution in [-0.2, 0) is 4.74 Å². The van der Waals surface area contributed by atoms with Crippen LogP contribution in [0.2, 0.25) is 0 Å².